The van der Waals surface area contributed by atoms with E-state index < -0.39 is 23.3 Å². The molecule has 0 spiro atoms. The maximum atomic E-state index is 12.7. The number of thioether (sulfide) groups is 1. The first-order valence-electron chi connectivity index (χ1n) is 11.0. The first kappa shape index (κ1) is 27.9. The molecule has 0 aromatic heterocycles. The van der Waals surface area contributed by atoms with Crippen molar-refractivity contribution >= 4 is 17.7 Å². The Morgan fingerprint density at radius 3 is 2.26 bits per heavy atom. The highest BCUT2D eigenvalue weighted by atomic mass is 32.2. The lowest BCUT2D eigenvalue weighted by molar-refractivity contribution is -0.158. The number of carbonyl (C=O) groups is 1. The van der Waals surface area contributed by atoms with Gasteiger partial charge in [0.15, 0.2) is 5.60 Å². The maximum Gasteiger partial charge on any atom is 0.416 e. The molecule has 0 aliphatic rings. The van der Waals surface area contributed by atoms with E-state index in [0.29, 0.717) is 23.9 Å². The van der Waals surface area contributed by atoms with Gasteiger partial charge in [-0.3, -0.25) is 0 Å². The van der Waals surface area contributed by atoms with Crippen molar-refractivity contribution in [1.82, 2.24) is 0 Å². The van der Waals surface area contributed by atoms with Crippen molar-refractivity contribution in [2.75, 3.05) is 25.6 Å². The van der Waals surface area contributed by atoms with Gasteiger partial charge in [0.2, 0.25) is 0 Å². The first-order chi connectivity index (χ1) is 16.0. The Morgan fingerprint density at radius 2 is 1.71 bits per heavy atom. The van der Waals surface area contributed by atoms with Crippen LogP contribution in [0.1, 0.15) is 38.8 Å². The molecule has 0 saturated heterocycles. The van der Waals surface area contributed by atoms with E-state index in [-0.39, 0.29) is 19.3 Å². The third-order valence-electron chi connectivity index (χ3n) is 4.73. The normalized spacial score (nSPS) is 12.8. The van der Waals surface area contributed by atoms with Gasteiger partial charge in [-0.25, -0.2) is 4.79 Å². The molecule has 0 aliphatic heterocycles. The van der Waals surface area contributed by atoms with Crippen molar-refractivity contribution in [3.8, 4) is 11.5 Å². The first-order valence-corrected chi connectivity index (χ1v) is 12.0. The largest absolute Gasteiger partial charge is 0.491 e. The monoisotopic (exact) mass is 500 g/mol. The van der Waals surface area contributed by atoms with Crippen LogP contribution in [0.25, 0.3) is 0 Å². The van der Waals surface area contributed by atoms with Crippen LogP contribution in [0.4, 0.5) is 13.2 Å². The molecule has 0 radical (unpaired) electrons. The summed E-state index contributed by atoms with van der Waals surface area (Å²) >= 11 is 1.56. The molecule has 2 aromatic carbocycles. The molecule has 0 bridgehead atoms. The highest BCUT2D eigenvalue weighted by molar-refractivity contribution is 7.99. The Balaban J connectivity index is 1.94. The average molecular weight is 501 g/mol. The minimum absolute atomic E-state index is 0.208. The lowest BCUT2D eigenvalue weighted by atomic mass is 10.1. The Labute approximate surface area is 202 Å². The summed E-state index contributed by atoms with van der Waals surface area (Å²) in [5, 5.41) is 0. The Bertz CT molecular complexity index is 929. The topological polar surface area (TPSA) is 54.0 Å². The summed E-state index contributed by atoms with van der Waals surface area (Å²) in [5.41, 5.74) is -0.952. The van der Waals surface area contributed by atoms with Crippen LogP contribution in [0, 0.1) is 6.92 Å². The Hall–Kier alpha value is -2.39. The van der Waals surface area contributed by atoms with Crippen molar-refractivity contribution in [3.05, 3.63) is 53.6 Å². The summed E-state index contributed by atoms with van der Waals surface area (Å²) in [7, 11) is 0. The molecule has 0 fully saturated rings. The van der Waals surface area contributed by atoms with E-state index in [9.17, 15) is 18.0 Å². The number of hydrogen-bond acceptors (Lipinski definition) is 6. The van der Waals surface area contributed by atoms with Gasteiger partial charge in [-0.05, 0) is 82.6 Å². The standard InChI is InChI=1S/C25H31F3O5S/c1-6-30-20(15-32-19-10-8-18(9-11-19)25(26,27)28)16-34-21-12-13-22(17(3)14-21)33-24(4,5)23(29)31-7-2/h8-14,20H,6-7,15-16H2,1-5H3. The number of aryl methyl sites for hydroxylation is 1. The molecule has 34 heavy (non-hydrogen) atoms. The van der Waals surface area contributed by atoms with E-state index in [1.807, 2.05) is 32.0 Å². The molecule has 1 unspecified atom stereocenters. The summed E-state index contributed by atoms with van der Waals surface area (Å²) in [5.74, 6) is 1.10. The fourth-order valence-corrected chi connectivity index (χ4v) is 3.94. The van der Waals surface area contributed by atoms with Crippen LogP contribution in [0.5, 0.6) is 11.5 Å². The van der Waals surface area contributed by atoms with Gasteiger partial charge in [0.1, 0.15) is 24.2 Å². The predicted octanol–water partition coefficient (Wildman–Crippen LogP) is 6.31. The summed E-state index contributed by atoms with van der Waals surface area (Å²) in [6, 6.07) is 10.3. The second kappa shape index (κ2) is 12.4. The van der Waals surface area contributed by atoms with Gasteiger partial charge in [0, 0.05) is 17.3 Å². The van der Waals surface area contributed by atoms with Crippen molar-refractivity contribution < 1.29 is 36.9 Å². The second-order valence-corrected chi connectivity index (χ2v) is 9.08. The number of ether oxygens (including phenoxy) is 4. The summed E-state index contributed by atoms with van der Waals surface area (Å²) in [6.45, 7) is 9.81. The van der Waals surface area contributed by atoms with E-state index in [0.717, 1.165) is 22.6 Å². The minimum Gasteiger partial charge on any atom is -0.491 e. The lowest BCUT2D eigenvalue weighted by Crippen LogP contribution is -2.39. The van der Waals surface area contributed by atoms with Crippen LogP contribution in [0.3, 0.4) is 0 Å². The quantitative estimate of drug-likeness (QED) is 0.251. The highest BCUT2D eigenvalue weighted by Gasteiger charge is 2.32. The van der Waals surface area contributed by atoms with Crippen LogP contribution in [0.2, 0.25) is 0 Å². The molecular weight excluding hydrogens is 469 g/mol. The van der Waals surface area contributed by atoms with Crippen molar-refractivity contribution in [2.24, 2.45) is 0 Å². The fraction of sp³-hybridized carbons (Fsp3) is 0.480. The number of carbonyl (C=O) groups excluding carboxylic acids is 1. The van der Waals surface area contributed by atoms with Crippen molar-refractivity contribution in [3.63, 3.8) is 0 Å². The molecule has 2 rings (SSSR count). The van der Waals surface area contributed by atoms with Gasteiger partial charge in [0.05, 0.1) is 12.2 Å². The molecule has 0 aliphatic carbocycles. The van der Waals surface area contributed by atoms with Gasteiger partial charge < -0.3 is 18.9 Å². The van der Waals surface area contributed by atoms with E-state index >= 15 is 0 Å². The van der Waals surface area contributed by atoms with E-state index in [2.05, 4.69) is 0 Å². The second-order valence-electron chi connectivity index (χ2n) is 7.98. The van der Waals surface area contributed by atoms with Crippen LogP contribution in [-0.2, 0) is 20.4 Å². The number of benzene rings is 2. The molecular formula is C25H31F3O5S. The number of halogens is 3. The molecule has 1 atom stereocenters. The lowest BCUT2D eigenvalue weighted by Gasteiger charge is -2.25. The molecule has 5 nitrogen and oxygen atoms in total. The van der Waals surface area contributed by atoms with Gasteiger partial charge in [0.25, 0.3) is 0 Å². The average Bonchev–Trinajstić information content (AvgIpc) is 2.77. The third kappa shape index (κ3) is 8.43. The van der Waals surface area contributed by atoms with E-state index in [1.165, 1.54) is 12.1 Å². The number of hydrogen-bond donors (Lipinski definition) is 0. The number of rotatable bonds is 12. The van der Waals surface area contributed by atoms with Gasteiger partial charge >= 0.3 is 12.1 Å². The molecule has 188 valence electrons. The SMILES string of the molecule is CCOC(=O)C(C)(C)Oc1ccc(SCC(COc2ccc(C(F)(F)F)cc2)OCC)cc1C. The smallest absolute Gasteiger partial charge is 0.416 e. The molecule has 0 N–H and O–H groups in total. The van der Waals surface area contributed by atoms with Crippen molar-refractivity contribution in [2.45, 2.75) is 57.4 Å². The van der Waals surface area contributed by atoms with Gasteiger partial charge in [-0.2, -0.15) is 13.2 Å². The molecule has 2 aromatic rings. The maximum absolute atomic E-state index is 12.7. The predicted molar refractivity (Wildman–Crippen MR) is 126 cm³/mol. The molecule has 0 heterocycles. The zero-order chi connectivity index (χ0) is 25.4. The van der Waals surface area contributed by atoms with Crippen LogP contribution in [0.15, 0.2) is 47.4 Å². The van der Waals surface area contributed by atoms with Crippen LogP contribution >= 0.6 is 11.8 Å². The molecule has 9 heteroatoms. The van der Waals surface area contributed by atoms with Gasteiger partial charge in [-0.15, -0.1) is 11.8 Å². The Kier molecular flexibility index (Phi) is 10.1. The van der Waals surface area contributed by atoms with Crippen LogP contribution < -0.4 is 9.47 Å². The summed E-state index contributed by atoms with van der Waals surface area (Å²) in [4.78, 5) is 13.1. The van der Waals surface area contributed by atoms with Crippen molar-refractivity contribution in [1.29, 1.82) is 0 Å². The Morgan fingerprint density at radius 1 is 1.03 bits per heavy atom. The highest BCUT2D eigenvalue weighted by Crippen LogP contribution is 2.31. The van der Waals surface area contributed by atoms with Gasteiger partial charge in [-0.1, -0.05) is 0 Å². The van der Waals surface area contributed by atoms with E-state index in [1.54, 1.807) is 32.5 Å². The molecule has 0 saturated carbocycles. The zero-order valence-electron chi connectivity index (χ0n) is 20.0. The summed E-state index contributed by atoms with van der Waals surface area (Å²) < 4.78 is 60.4. The summed E-state index contributed by atoms with van der Waals surface area (Å²) in [6.07, 6.45) is -4.63. The minimum atomic E-state index is -4.38. The number of esters is 1. The molecule has 0 amide bonds. The zero-order valence-corrected chi connectivity index (χ0v) is 20.8. The third-order valence-corrected chi connectivity index (χ3v) is 5.86. The fourth-order valence-electron chi connectivity index (χ4n) is 2.95. The number of alkyl halides is 3. The van der Waals surface area contributed by atoms with E-state index in [4.69, 9.17) is 18.9 Å². The van der Waals surface area contributed by atoms with Crippen LogP contribution in [-0.4, -0.2) is 43.2 Å².